The fourth-order valence-corrected chi connectivity index (χ4v) is 2.15. The summed E-state index contributed by atoms with van der Waals surface area (Å²) >= 11 is 0. The second-order valence-electron chi connectivity index (χ2n) is 4.50. The van der Waals surface area contributed by atoms with Crippen LogP contribution >= 0.6 is 0 Å². The van der Waals surface area contributed by atoms with E-state index in [1.165, 1.54) is 12.8 Å². The Morgan fingerprint density at radius 2 is 2.26 bits per heavy atom. The highest BCUT2D eigenvalue weighted by Crippen LogP contribution is 2.21. The van der Waals surface area contributed by atoms with Crippen LogP contribution in [0.25, 0.3) is 0 Å². The molecule has 0 spiro atoms. The van der Waals surface area contributed by atoms with Crippen LogP contribution in [0.3, 0.4) is 0 Å². The number of anilines is 1. The second kappa shape index (κ2) is 6.94. The average Bonchev–Trinajstić information content (AvgIpc) is 2.93. The molecule has 0 atom stereocenters. The molecular formula is C13H21N5O. The van der Waals surface area contributed by atoms with Crippen LogP contribution in [-0.4, -0.2) is 23.6 Å². The number of guanidine groups is 1. The summed E-state index contributed by atoms with van der Waals surface area (Å²) in [6, 6.07) is 4.07. The predicted molar refractivity (Wildman–Crippen MR) is 76.0 cm³/mol. The molecule has 1 aromatic rings. The Morgan fingerprint density at radius 3 is 2.84 bits per heavy atom. The van der Waals surface area contributed by atoms with E-state index in [2.05, 4.69) is 20.7 Å². The van der Waals surface area contributed by atoms with Crippen molar-refractivity contribution in [1.82, 2.24) is 10.4 Å². The first-order valence-electron chi connectivity index (χ1n) is 6.72. The van der Waals surface area contributed by atoms with Crippen molar-refractivity contribution in [3.05, 3.63) is 18.3 Å². The van der Waals surface area contributed by atoms with E-state index in [1.54, 1.807) is 6.20 Å². The van der Waals surface area contributed by atoms with Gasteiger partial charge >= 0.3 is 0 Å². The summed E-state index contributed by atoms with van der Waals surface area (Å²) in [6.07, 6.45) is 6.46. The van der Waals surface area contributed by atoms with Gasteiger partial charge in [0.05, 0.1) is 24.5 Å². The van der Waals surface area contributed by atoms with E-state index < -0.39 is 0 Å². The lowest BCUT2D eigenvalue weighted by Crippen LogP contribution is -2.37. The summed E-state index contributed by atoms with van der Waals surface area (Å²) in [4.78, 5) is 8.74. The molecule has 104 valence electrons. The highest BCUT2D eigenvalue weighted by atomic mass is 16.5. The summed E-state index contributed by atoms with van der Waals surface area (Å²) in [5.74, 6) is 6.68. The zero-order valence-electron chi connectivity index (χ0n) is 11.2. The van der Waals surface area contributed by atoms with E-state index in [-0.39, 0.29) is 0 Å². The first kappa shape index (κ1) is 13.6. The number of rotatable bonds is 4. The lowest BCUT2D eigenvalue weighted by atomic mass is 10.3. The highest BCUT2D eigenvalue weighted by Gasteiger charge is 2.14. The minimum absolute atomic E-state index is 0.370. The van der Waals surface area contributed by atoms with Gasteiger partial charge in [-0.05, 0) is 25.8 Å². The smallest absolute Gasteiger partial charge is 0.213 e. The second-order valence-corrected chi connectivity index (χ2v) is 4.50. The highest BCUT2D eigenvalue weighted by molar-refractivity contribution is 5.93. The molecule has 1 saturated carbocycles. The van der Waals surface area contributed by atoms with Crippen LogP contribution in [0.4, 0.5) is 5.69 Å². The van der Waals surface area contributed by atoms with Gasteiger partial charge in [-0.3, -0.25) is 5.43 Å². The number of nitrogens with one attached hydrogen (secondary N) is 2. The molecule has 1 aromatic heterocycles. The van der Waals surface area contributed by atoms with E-state index in [4.69, 9.17) is 10.6 Å². The number of nitrogens with zero attached hydrogens (tertiary/aromatic N) is 2. The first-order chi connectivity index (χ1) is 9.31. The van der Waals surface area contributed by atoms with E-state index >= 15 is 0 Å². The Hall–Kier alpha value is -1.82. The molecular weight excluding hydrogens is 242 g/mol. The third-order valence-corrected chi connectivity index (χ3v) is 3.06. The van der Waals surface area contributed by atoms with Gasteiger partial charge in [0.2, 0.25) is 11.8 Å². The van der Waals surface area contributed by atoms with Crippen LogP contribution in [-0.2, 0) is 0 Å². The number of ether oxygens (including phenoxy) is 1. The van der Waals surface area contributed by atoms with Crippen LogP contribution in [0, 0.1) is 0 Å². The topological polar surface area (TPSA) is 84.6 Å². The standard InChI is InChI=1S/C13H21N5O/c1-2-19-12-8-7-11(9-15-12)17-13(18-14)16-10-5-3-4-6-10/h7-10H,2-6,14H2,1H3,(H2,16,17,18). The Bertz CT molecular complexity index is 412. The zero-order valence-corrected chi connectivity index (χ0v) is 11.2. The van der Waals surface area contributed by atoms with Crippen molar-refractivity contribution in [2.45, 2.75) is 38.6 Å². The Kier molecular flexibility index (Phi) is 4.97. The monoisotopic (exact) mass is 263 g/mol. The van der Waals surface area contributed by atoms with E-state index in [1.807, 2.05) is 19.1 Å². The molecule has 0 bridgehead atoms. The van der Waals surface area contributed by atoms with Crippen molar-refractivity contribution < 1.29 is 4.74 Å². The molecule has 1 heterocycles. The molecule has 1 aliphatic rings. The summed E-state index contributed by atoms with van der Waals surface area (Å²) < 4.78 is 5.29. The molecule has 0 saturated heterocycles. The molecule has 6 heteroatoms. The number of aromatic nitrogens is 1. The Morgan fingerprint density at radius 1 is 1.47 bits per heavy atom. The maximum atomic E-state index is 5.49. The molecule has 4 N–H and O–H groups in total. The van der Waals surface area contributed by atoms with Gasteiger partial charge in [-0.2, -0.15) is 0 Å². The van der Waals surface area contributed by atoms with Gasteiger partial charge < -0.3 is 10.1 Å². The largest absolute Gasteiger partial charge is 0.478 e. The fraction of sp³-hybridized carbons (Fsp3) is 0.538. The molecule has 1 aliphatic carbocycles. The molecule has 1 fully saturated rings. The lowest BCUT2D eigenvalue weighted by Gasteiger charge is -2.11. The van der Waals surface area contributed by atoms with Crippen molar-refractivity contribution in [2.75, 3.05) is 11.9 Å². The number of hydrazine groups is 1. The number of aliphatic imine (C=N–C) groups is 1. The van der Waals surface area contributed by atoms with Gasteiger partial charge in [0.15, 0.2) is 0 Å². The van der Waals surface area contributed by atoms with Gasteiger partial charge in [-0.1, -0.05) is 12.8 Å². The van der Waals surface area contributed by atoms with Gasteiger partial charge in [-0.15, -0.1) is 0 Å². The van der Waals surface area contributed by atoms with Crippen LogP contribution < -0.4 is 21.3 Å². The quantitative estimate of drug-likeness (QED) is 0.333. The summed E-state index contributed by atoms with van der Waals surface area (Å²) in [5, 5.41) is 3.12. The molecule has 19 heavy (non-hydrogen) atoms. The molecule has 0 radical (unpaired) electrons. The third-order valence-electron chi connectivity index (χ3n) is 3.06. The Labute approximate surface area is 113 Å². The van der Waals surface area contributed by atoms with E-state index in [9.17, 15) is 0 Å². The lowest BCUT2D eigenvalue weighted by molar-refractivity contribution is 0.327. The molecule has 0 unspecified atom stereocenters. The molecule has 2 rings (SSSR count). The van der Waals surface area contributed by atoms with Gasteiger partial charge in [-0.25, -0.2) is 15.8 Å². The van der Waals surface area contributed by atoms with Crippen molar-refractivity contribution in [2.24, 2.45) is 10.8 Å². The van der Waals surface area contributed by atoms with Crippen LogP contribution in [0.1, 0.15) is 32.6 Å². The predicted octanol–water partition coefficient (Wildman–Crippen LogP) is 1.65. The fourth-order valence-electron chi connectivity index (χ4n) is 2.15. The van der Waals surface area contributed by atoms with Gasteiger partial charge in [0.1, 0.15) is 0 Å². The van der Waals surface area contributed by atoms with Crippen molar-refractivity contribution in [1.29, 1.82) is 0 Å². The van der Waals surface area contributed by atoms with Crippen LogP contribution in [0.15, 0.2) is 23.3 Å². The number of nitrogens with two attached hydrogens (primary N) is 1. The van der Waals surface area contributed by atoms with Crippen molar-refractivity contribution >= 4 is 11.6 Å². The third kappa shape index (κ3) is 4.10. The molecule has 0 amide bonds. The normalized spacial score (nSPS) is 16.4. The molecule has 0 aromatic carbocycles. The number of hydrogen-bond donors (Lipinski definition) is 3. The van der Waals surface area contributed by atoms with Crippen molar-refractivity contribution in [3.8, 4) is 5.88 Å². The maximum Gasteiger partial charge on any atom is 0.213 e. The summed E-state index contributed by atoms with van der Waals surface area (Å²) in [7, 11) is 0. The van der Waals surface area contributed by atoms with Crippen LogP contribution in [0.2, 0.25) is 0 Å². The first-order valence-corrected chi connectivity index (χ1v) is 6.72. The van der Waals surface area contributed by atoms with Crippen LogP contribution in [0.5, 0.6) is 5.88 Å². The minimum atomic E-state index is 0.370. The number of hydrogen-bond acceptors (Lipinski definition) is 4. The Balaban J connectivity index is 1.97. The summed E-state index contributed by atoms with van der Waals surface area (Å²) in [6.45, 7) is 2.54. The van der Waals surface area contributed by atoms with Gasteiger partial charge in [0, 0.05) is 6.07 Å². The maximum absolute atomic E-state index is 5.49. The minimum Gasteiger partial charge on any atom is -0.478 e. The summed E-state index contributed by atoms with van der Waals surface area (Å²) in [5.41, 5.74) is 3.43. The SMILES string of the molecule is CCOc1ccc(NC(=NC2CCCC2)NN)cn1. The number of pyridine rings is 1. The van der Waals surface area contributed by atoms with Crippen molar-refractivity contribution in [3.63, 3.8) is 0 Å². The molecule has 0 aliphatic heterocycles. The average molecular weight is 263 g/mol. The van der Waals surface area contributed by atoms with Gasteiger partial charge in [0.25, 0.3) is 0 Å². The zero-order chi connectivity index (χ0) is 13.5. The van der Waals surface area contributed by atoms with E-state index in [0.717, 1.165) is 18.5 Å². The molecule has 6 nitrogen and oxygen atoms in total. The van der Waals surface area contributed by atoms with E-state index in [0.29, 0.717) is 24.5 Å².